The summed E-state index contributed by atoms with van der Waals surface area (Å²) in [4.78, 5) is 11.0. The number of aromatic nitrogens is 3. The molecule has 1 amide bonds. The maximum absolute atomic E-state index is 11.0. The minimum atomic E-state index is -0.494. The Morgan fingerprint density at radius 2 is 2.14 bits per heavy atom. The average Bonchev–Trinajstić information content (AvgIpc) is 2.71. The maximum atomic E-state index is 11.0. The van der Waals surface area contributed by atoms with Crippen LogP contribution in [0.5, 0.6) is 0 Å². The molecule has 0 spiro atoms. The first-order valence-electron chi connectivity index (χ1n) is 4.91. The fourth-order valence-corrected chi connectivity index (χ4v) is 2.06. The molecule has 0 aromatic carbocycles. The molecule has 0 bridgehead atoms. The van der Waals surface area contributed by atoms with Crippen LogP contribution in [0.1, 0.15) is 47.9 Å². The van der Waals surface area contributed by atoms with E-state index in [1.54, 1.807) is 0 Å². The molecule has 0 atom stereocenters. The highest BCUT2D eigenvalue weighted by Gasteiger charge is 2.22. The standard InChI is InChI=1S/C9H14N4O/c1-6-8(9(10)14)11-12-13(6)7-4-2-3-5-7/h7H,2-5H2,1H3,(H2,10,14). The zero-order valence-electron chi connectivity index (χ0n) is 8.23. The molecule has 0 aliphatic heterocycles. The van der Waals surface area contributed by atoms with E-state index in [4.69, 9.17) is 5.73 Å². The van der Waals surface area contributed by atoms with Crippen molar-refractivity contribution >= 4 is 5.91 Å². The van der Waals surface area contributed by atoms with Gasteiger partial charge in [0, 0.05) is 0 Å². The Labute approximate surface area is 82.3 Å². The van der Waals surface area contributed by atoms with Gasteiger partial charge in [0.2, 0.25) is 0 Å². The summed E-state index contributed by atoms with van der Waals surface area (Å²) in [6.07, 6.45) is 4.72. The van der Waals surface area contributed by atoms with E-state index in [2.05, 4.69) is 10.3 Å². The predicted octanol–water partition coefficient (Wildman–Crippen LogP) is 0.801. The minimum absolute atomic E-state index is 0.303. The van der Waals surface area contributed by atoms with Crippen molar-refractivity contribution in [1.82, 2.24) is 15.0 Å². The van der Waals surface area contributed by atoms with E-state index in [0.29, 0.717) is 11.7 Å². The Morgan fingerprint density at radius 1 is 1.50 bits per heavy atom. The van der Waals surface area contributed by atoms with Gasteiger partial charge in [-0.1, -0.05) is 18.1 Å². The Kier molecular flexibility index (Phi) is 2.23. The quantitative estimate of drug-likeness (QED) is 0.756. The van der Waals surface area contributed by atoms with Crippen LogP contribution in [0.4, 0.5) is 0 Å². The normalized spacial score (nSPS) is 17.5. The van der Waals surface area contributed by atoms with Crippen molar-refractivity contribution in [3.8, 4) is 0 Å². The van der Waals surface area contributed by atoms with Gasteiger partial charge in [0.25, 0.3) is 5.91 Å². The molecular formula is C9H14N4O. The highest BCUT2D eigenvalue weighted by molar-refractivity contribution is 5.91. The topological polar surface area (TPSA) is 73.8 Å². The van der Waals surface area contributed by atoms with Gasteiger partial charge in [-0.2, -0.15) is 0 Å². The number of carbonyl (C=O) groups excluding carboxylic acids is 1. The second kappa shape index (κ2) is 3.40. The third-order valence-electron chi connectivity index (χ3n) is 2.83. The molecular weight excluding hydrogens is 180 g/mol. The van der Waals surface area contributed by atoms with Gasteiger partial charge in [-0.25, -0.2) is 4.68 Å². The van der Waals surface area contributed by atoms with E-state index in [9.17, 15) is 4.79 Å². The number of hydrogen-bond acceptors (Lipinski definition) is 3. The molecule has 5 heteroatoms. The van der Waals surface area contributed by atoms with Gasteiger partial charge in [0.05, 0.1) is 11.7 Å². The van der Waals surface area contributed by atoms with Crippen molar-refractivity contribution in [1.29, 1.82) is 0 Å². The van der Waals surface area contributed by atoms with E-state index in [1.807, 2.05) is 11.6 Å². The van der Waals surface area contributed by atoms with Crippen LogP contribution < -0.4 is 5.73 Å². The summed E-state index contributed by atoms with van der Waals surface area (Å²) in [5, 5.41) is 7.78. The first-order chi connectivity index (χ1) is 6.70. The number of nitrogens with zero attached hydrogens (tertiary/aromatic N) is 3. The Morgan fingerprint density at radius 3 is 2.64 bits per heavy atom. The molecule has 1 aromatic rings. The van der Waals surface area contributed by atoms with Crippen LogP contribution in [-0.4, -0.2) is 20.9 Å². The molecule has 0 saturated heterocycles. The van der Waals surface area contributed by atoms with Crippen LogP contribution >= 0.6 is 0 Å². The number of nitrogens with two attached hydrogens (primary N) is 1. The van der Waals surface area contributed by atoms with E-state index >= 15 is 0 Å². The molecule has 2 N–H and O–H groups in total. The molecule has 0 radical (unpaired) electrons. The summed E-state index contributed by atoms with van der Waals surface area (Å²) in [6, 6.07) is 0.413. The maximum Gasteiger partial charge on any atom is 0.271 e. The third kappa shape index (κ3) is 1.38. The van der Waals surface area contributed by atoms with Crippen LogP contribution in [0.25, 0.3) is 0 Å². The van der Waals surface area contributed by atoms with Gasteiger partial charge in [-0.05, 0) is 19.8 Å². The summed E-state index contributed by atoms with van der Waals surface area (Å²) in [5.74, 6) is -0.494. The van der Waals surface area contributed by atoms with Gasteiger partial charge in [0.15, 0.2) is 5.69 Å². The van der Waals surface area contributed by atoms with Crippen molar-refractivity contribution in [2.75, 3.05) is 0 Å². The van der Waals surface area contributed by atoms with Gasteiger partial charge in [-0.3, -0.25) is 4.79 Å². The molecule has 2 rings (SSSR count). The predicted molar refractivity (Wildman–Crippen MR) is 50.8 cm³/mol. The third-order valence-corrected chi connectivity index (χ3v) is 2.83. The number of amides is 1. The number of carbonyl (C=O) groups is 1. The van der Waals surface area contributed by atoms with E-state index in [-0.39, 0.29) is 0 Å². The number of primary amides is 1. The van der Waals surface area contributed by atoms with Gasteiger partial charge in [-0.15, -0.1) is 5.10 Å². The Balaban J connectivity index is 2.30. The Hall–Kier alpha value is -1.39. The molecule has 76 valence electrons. The van der Waals surface area contributed by atoms with Crippen molar-refractivity contribution in [3.05, 3.63) is 11.4 Å². The van der Waals surface area contributed by atoms with Crippen LogP contribution in [0.3, 0.4) is 0 Å². The molecule has 1 saturated carbocycles. The molecule has 1 aliphatic rings. The molecule has 1 heterocycles. The van der Waals surface area contributed by atoms with Gasteiger partial charge >= 0.3 is 0 Å². The average molecular weight is 194 g/mol. The lowest BCUT2D eigenvalue weighted by atomic mass is 10.2. The molecule has 1 fully saturated rings. The SMILES string of the molecule is Cc1c(C(N)=O)nnn1C1CCCC1. The lowest BCUT2D eigenvalue weighted by molar-refractivity contribution is 0.0995. The second-order valence-electron chi connectivity index (χ2n) is 3.77. The van der Waals surface area contributed by atoms with Crippen molar-refractivity contribution < 1.29 is 4.79 Å². The minimum Gasteiger partial charge on any atom is -0.364 e. The highest BCUT2D eigenvalue weighted by Crippen LogP contribution is 2.29. The van der Waals surface area contributed by atoms with Crippen molar-refractivity contribution in [2.24, 2.45) is 5.73 Å². The fourth-order valence-electron chi connectivity index (χ4n) is 2.06. The molecule has 1 aliphatic carbocycles. The van der Waals surface area contributed by atoms with Crippen molar-refractivity contribution in [2.45, 2.75) is 38.6 Å². The first-order valence-corrected chi connectivity index (χ1v) is 4.91. The molecule has 0 unspecified atom stereocenters. The lowest BCUT2D eigenvalue weighted by Crippen LogP contribution is -2.14. The zero-order valence-corrected chi connectivity index (χ0v) is 8.23. The van der Waals surface area contributed by atoms with Crippen LogP contribution in [0.15, 0.2) is 0 Å². The second-order valence-corrected chi connectivity index (χ2v) is 3.77. The molecule has 5 nitrogen and oxygen atoms in total. The molecule has 14 heavy (non-hydrogen) atoms. The van der Waals surface area contributed by atoms with Gasteiger partial charge < -0.3 is 5.73 Å². The Bertz CT molecular complexity index is 352. The van der Waals surface area contributed by atoms with Crippen molar-refractivity contribution in [3.63, 3.8) is 0 Å². The van der Waals surface area contributed by atoms with E-state index < -0.39 is 5.91 Å². The van der Waals surface area contributed by atoms with Gasteiger partial charge in [0.1, 0.15) is 0 Å². The highest BCUT2D eigenvalue weighted by atomic mass is 16.1. The lowest BCUT2D eigenvalue weighted by Gasteiger charge is -2.10. The van der Waals surface area contributed by atoms with Crippen LogP contribution in [-0.2, 0) is 0 Å². The fraction of sp³-hybridized carbons (Fsp3) is 0.667. The van der Waals surface area contributed by atoms with E-state index in [0.717, 1.165) is 18.5 Å². The summed E-state index contributed by atoms with van der Waals surface area (Å²) < 4.78 is 1.84. The van der Waals surface area contributed by atoms with Crippen LogP contribution in [0, 0.1) is 6.92 Å². The number of rotatable bonds is 2. The summed E-state index contributed by atoms with van der Waals surface area (Å²) in [5.41, 5.74) is 6.27. The smallest absolute Gasteiger partial charge is 0.271 e. The summed E-state index contributed by atoms with van der Waals surface area (Å²) >= 11 is 0. The molecule has 1 aromatic heterocycles. The monoisotopic (exact) mass is 194 g/mol. The summed E-state index contributed by atoms with van der Waals surface area (Å²) in [7, 11) is 0. The number of hydrogen-bond donors (Lipinski definition) is 1. The largest absolute Gasteiger partial charge is 0.364 e. The first kappa shape index (κ1) is 9.18. The zero-order chi connectivity index (χ0) is 10.1. The van der Waals surface area contributed by atoms with Crippen LogP contribution in [0.2, 0.25) is 0 Å². The summed E-state index contributed by atoms with van der Waals surface area (Å²) in [6.45, 7) is 1.85. The van der Waals surface area contributed by atoms with E-state index in [1.165, 1.54) is 12.8 Å².